The van der Waals surface area contributed by atoms with E-state index in [1.165, 1.54) is 22.3 Å². The van der Waals surface area contributed by atoms with Crippen molar-refractivity contribution in [2.24, 2.45) is 0 Å². The lowest BCUT2D eigenvalue weighted by Crippen LogP contribution is -2.32. The molecule has 0 fully saturated rings. The summed E-state index contributed by atoms with van der Waals surface area (Å²) in [5, 5.41) is 3.27. The molecule has 3 heterocycles. The van der Waals surface area contributed by atoms with Gasteiger partial charge in [-0.3, -0.25) is 0 Å². The minimum absolute atomic E-state index is 0.580. The zero-order valence-corrected chi connectivity index (χ0v) is 34.6. The molecule has 0 N–H and O–H groups in total. The van der Waals surface area contributed by atoms with Crippen molar-refractivity contribution in [1.29, 1.82) is 0 Å². The van der Waals surface area contributed by atoms with Crippen LogP contribution in [0.15, 0.2) is 224 Å². The molecular weight excluding hydrogens is 779 g/mol. The first-order valence-electron chi connectivity index (χ1n) is 21.8. The average Bonchev–Trinajstić information content (AvgIpc) is 3.66. The number of ether oxygens (including phenoxy) is 1. The summed E-state index contributed by atoms with van der Waals surface area (Å²) >= 11 is 0. The topological polar surface area (TPSA) is 47.9 Å². The summed E-state index contributed by atoms with van der Waals surface area (Å²) in [7, 11) is 0. The third kappa shape index (κ3) is 5.52. The van der Waals surface area contributed by atoms with Crippen LogP contribution >= 0.6 is 0 Å². The molecule has 13 rings (SSSR count). The van der Waals surface area contributed by atoms with Crippen LogP contribution in [0.4, 0.5) is 0 Å². The van der Waals surface area contributed by atoms with E-state index in [-0.39, 0.29) is 0 Å². The van der Waals surface area contributed by atoms with Gasteiger partial charge in [0.25, 0.3) is 0 Å². The van der Waals surface area contributed by atoms with Crippen LogP contribution in [0.1, 0.15) is 22.3 Å². The van der Waals surface area contributed by atoms with Crippen LogP contribution < -0.4 is 4.74 Å². The van der Waals surface area contributed by atoms with Crippen LogP contribution in [-0.2, 0) is 5.41 Å². The number of para-hydroxylation sites is 1. The smallest absolute Gasteiger partial charge is 0.160 e. The molecule has 4 heteroatoms. The molecule has 2 aliphatic rings. The highest BCUT2D eigenvalue weighted by molar-refractivity contribution is 6.13. The Labute approximate surface area is 370 Å². The predicted octanol–water partition coefficient (Wildman–Crippen LogP) is 15.0. The van der Waals surface area contributed by atoms with Crippen molar-refractivity contribution in [3.8, 4) is 78.9 Å². The van der Waals surface area contributed by atoms with Crippen molar-refractivity contribution in [1.82, 2.24) is 15.0 Å². The highest BCUT2D eigenvalue weighted by atomic mass is 16.5. The maximum Gasteiger partial charge on any atom is 0.160 e. The zero-order chi connectivity index (χ0) is 42.2. The van der Waals surface area contributed by atoms with Gasteiger partial charge >= 0.3 is 0 Å². The van der Waals surface area contributed by atoms with Crippen molar-refractivity contribution in [3.05, 3.63) is 247 Å². The standard InChI is InChI=1S/C60H37N3O/c1-4-16-39(17-5-1)54-37-55(63-59(62-54)42-20-8-3-9-21-42)40-30-28-38(29-31-40)43-32-33-53-47(34-43)46-35-52-57(36-48(46)58(61-53)41-18-6-2-7-19-41)64-56-27-15-14-26-51(56)60(52)49-24-12-10-22-44(49)45-23-11-13-25-50(45)60/h1-37H. The Bertz CT molecular complexity index is 3520. The van der Waals surface area contributed by atoms with Crippen molar-refractivity contribution in [3.63, 3.8) is 0 Å². The number of nitrogens with zero attached hydrogens (tertiary/aromatic N) is 3. The monoisotopic (exact) mass is 815 g/mol. The first kappa shape index (κ1) is 36.2. The second kappa shape index (κ2) is 14.3. The number of hydrogen-bond donors (Lipinski definition) is 0. The van der Waals surface area contributed by atoms with E-state index in [0.29, 0.717) is 5.82 Å². The largest absolute Gasteiger partial charge is 0.457 e. The molecule has 2 aromatic heterocycles. The highest BCUT2D eigenvalue weighted by Gasteiger charge is 2.51. The normalized spacial score (nSPS) is 12.9. The average molecular weight is 816 g/mol. The Kier molecular flexibility index (Phi) is 8.09. The van der Waals surface area contributed by atoms with E-state index >= 15 is 0 Å². The van der Waals surface area contributed by atoms with E-state index in [1.54, 1.807) is 0 Å². The molecule has 9 aromatic carbocycles. The first-order chi connectivity index (χ1) is 31.7. The number of pyridine rings is 1. The first-order valence-corrected chi connectivity index (χ1v) is 21.8. The van der Waals surface area contributed by atoms with E-state index in [9.17, 15) is 0 Å². The number of aromatic nitrogens is 3. The number of hydrogen-bond acceptors (Lipinski definition) is 4. The minimum atomic E-state index is -0.580. The third-order valence-corrected chi connectivity index (χ3v) is 13.2. The van der Waals surface area contributed by atoms with Gasteiger partial charge < -0.3 is 4.74 Å². The van der Waals surface area contributed by atoms with E-state index in [1.807, 2.05) is 36.4 Å². The molecule has 0 amide bonds. The summed E-state index contributed by atoms with van der Waals surface area (Å²) in [6, 6.07) is 79.5. The van der Waals surface area contributed by atoms with Gasteiger partial charge in [0, 0.05) is 44.2 Å². The molecule has 0 saturated carbocycles. The molecule has 1 spiro atoms. The maximum atomic E-state index is 6.97. The predicted molar refractivity (Wildman–Crippen MR) is 259 cm³/mol. The van der Waals surface area contributed by atoms with Crippen LogP contribution in [0.2, 0.25) is 0 Å². The molecule has 0 saturated heterocycles. The summed E-state index contributed by atoms with van der Waals surface area (Å²) in [4.78, 5) is 15.5. The fraction of sp³-hybridized carbons (Fsp3) is 0.0167. The van der Waals surface area contributed by atoms with Crippen LogP contribution in [0.5, 0.6) is 11.5 Å². The fourth-order valence-electron chi connectivity index (χ4n) is 10.2. The summed E-state index contributed by atoms with van der Waals surface area (Å²) < 4.78 is 6.97. The molecule has 0 bridgehead atoms. The molecule has 1 aliphatic heterocycles. The van der Waals surface area contributed by atoms with Crippen molar-refractivity contribution >= 4 is 21.7 Å². The van der Waals surface area contributed by atoms with Gasteiger partial charge in [0.2, 0.25) is 0 Å². The quantitative estimate of drug-likeness (QED) is 0.162. The molecule has 1 aliphatic carbocycles. The Hall–Kier alpha value is -8.47. The summed E-state index contributed by atoms with van der Waals surface area (Å²) in [5.41, 5.74) is 16.7. The molecule has 0 radical (unpaired) electrons. The van der Waals surface area contributed by atoms with Gasteiger partial charge in [0.05, 0.1) is 28.0 Å². The van der Waals surface area contributed by atoms with Gasteiger partial charge in [-0.2, -0.15) is 0 Å². The summed E-state index contributed by atoms with van der Waals surface area (Å²) in [6.07, 6.45) is 0. The van der Waals surface area contributed by atoms with E-state index in [2.05, 4.69) is 188 Å². The summed E-state index contributed by atoms with van der Waals surface area (Å²) in [6.45, 7) is 0. The van der Waals surface area contributed by atoms with Crippen molar-refractivity contribution in [2.75, 3.05) is 0 Å². The van der Waals surface area contributed by atoms with Crippen LogP contribution in [-0.4, -0.2) is 15.0 Å². The summed E-state index contributed by atoms with van der Waals surface area (Å²) in [5.74, 6) is 2.42. The van der Waals surface area contributed by atoms with Crippen LogP contribution in [0, 0.1) is 0 Å². The van der Waals surface area contributed by atoms with Crippen molar-refractivity contribution < 1.29 is 4.74 Å². The second-order valence-electron chi connectivity index (χ2n) is 16.7. The molecule has 298 valence electrons. The van der Waals surface area contributed by atoms with Gasteiger partial charge in [-0.05, 0) is 75.2 Å². The molecule has 0 unspecified atom stereocenters. The Morgan fingerprint density at radius 3 is 1.52 bits per heavy atom. The van der Waals surface area contributed by atoms with Crippen LogP contribution in [0.25, 0.3) is 89.1 Å². The van der Waals surface area contributed by atoms with E-state index in [4.69, 9.17) is 19.7 Å². The van der Waals surface area contributed by atoms with E-state index < -0.39 is 5.41 Å². The van der Waals surface area contributed by atoms with Gasteiger partial charge in [0.15, 0.2) is 5.82 Å². The number of fused-ring (bicyclic) bond motifs is 12. The minimum Gasteiger partial charge on any atom is -0.457 e. The van der Waals surface area contributed by atoms with Gasteiger partial charge in [-0.1, -0.05) is 188 Å². The molecule has 0 atom stereocenters. The zero-order valence-electron chi connectivity index (χ0n) is 34.6. The highest BCUT2D eigenvalue weighted by Crippen LogP contribution is 2.62. The Balaban J connectivity index is 1.00. The van der Waals surface area contributed by atoms with Gasteiger partial charge in [-0.15, -0.1) is 0 Å². The lowest BCUT2D eigenvalue weighted by atomic mass is 9.65. The Morgan fingerprint density at radius 1 is 0.312 bits per heavy atom. The number of rotatable bonds is 5. The van der Waals surface area contributed by atoms with Gasteiger partial charge in [0.1, 0.15) is 11.5 Å². The molecule has 4 nitrogen and oxygen atoms in total. The Morgan fingerprint density at radius 2 is 0.844 bits per heavy atom. The van der Waals surface area contributed by atoms with Gasteiger partial charge in [-0.25, -0.2) is 15.0 Å². The molecule has 64 heavy (non-hydrogen) atoms. The fourth-order valence-corrected chi connectivity index (χ4v) is 10.2. The molecule has 11 aromatic rings. The number of benzene rings is 9. The second-order valence-corrected chi connectivity index (χ2v) is 16.7. The van der Waals surface area contributed by atoms with Crippen LogP contribution in [0.3, 0.4) is 0 Å². The van der Waals surface area contributed by atoms with E-state index in [0.717, 1.165) is 94.8 Å². The maximum absolute atomic E-state index is 6.97. The molecular formula is C60H37N3O. The lowest BCUT2D eigenvalue weighted by molar-refractivity contribution is 0.437. The van der Waals surface area contributed by atoms with Crippen molar-refractivity contribution in [2.45, 2.75) is 5.41 Å². The third-order valence-electron chi connectivity index (χ3n) is 13.2. The SMILES string of the molecule is c1ccc(-c2cc(-c3ccc(-c4ccc5nc(-c6ccccc6)c6cc7c(cc6c5c4)C4(c5ccccc5O7)c5ccccc5-c5ccccc54)cc3)nc(-c3ccccc3)n2)cc1. The lowest BCUT2D eigenvalue weighted by Gasteiger charge is -2.39.